The molecule has 5 heteroatoms. The molecule has 0 aromatic carbocycles. The van der Waals surface area contributed by atoms with Crippen LogP contribution < -0.4 is 5.32 Å². The third-order valence-electron chi connectivity index (χ3n) is 1.66. The summed E-state index contributed by atoms with van der Waals surface area (Å²) < 4.78 is 5.02. The predicted molar refractivity (Wildman–Crippen MR) is 35.6 cm³/mol. The van der Waals surface area contributed by atoms with Crippen LogP contribution in [0.4, 0.5) is 0 Å². The third kappa shape index (κ3) is 1.89. The Morgan fingerprint density at radius 1 is 1.73 bits per heavy atom. The number of hydrogen-bond acceptors (Lipinski definition) is 4. The van der Waals surface area contributed by atoms with Gasteiger partial charge < -0.3 is 20.3 Å². The fourth-order valence-corrected chi connectivity index (χ4v) is 1.08. The molecule has 64 valence electrons. The van der Waals surface area contributed by atoms with Gasteiger partial charge in [-0.2, -0.15) is 0 Å². The second-order valence-corrected chi connectivity index (χ2v) is 2.43. The molecule has 3 N–H and O–H groups in total. The smallest absolute Gasteiger partial charge is 0.209 e. The molecule has 0 aliphatic carbocycles. The number of rotatable bonds is 3. The van der Waals surface area contributed by atoms with Crippen LogP contribution >= 0.6 is 0 Å². The van der Waals surface area contributed by atoms with Gasteiger partial charge in [-0.15, -0.1) is 0 Å². The maximum absolute atomic E-state index is 9.93. The minimum absolute atomic E-state index is 0.224. The average Bonchev–Trinajstić information content (AvgIpc) is 2.32. The number of aliphatic hydroxyl groups excluding tert-OH is 2. The van der Waals surface area contributed by atoms with Gasteiger partial charge in [0.1, 0.15) is 12.3 Å². The molecule has 1 fully saturated rings. The Labute approximate surface area is 64.0 Å². The highest BCUT2D eigenvalue weighted by molar-refractivity contribution is 5.46. The maximum atomic E-state index is 9.93. The Balaban J connectivity index is 2.36. The molecule has 1 heterocycles. The van der Waals surface area contributed by atoms with Crippen molar-refractivity contribution in [3.05, 3.63) is 0 Å². The second-order valence-electron chi connectivity index (χ2n) is 2.43. The molecule has 0 spiro atoms. The van der Waals surface area contributed by atoms with Gasteiger partial charge >= 0.3 is 0 Å². The zero-order valence-corrected chi connectivity index (χ0v) is 5.93. The number of carbonyl (C=O) groups excluding carboxylic acids is 1. The molecule has 5 nitrogen and oxygen atoms in total. The van der Waals surface area contributed by atoms with E-state index in [9.17, 15) is 4.79 Å². The van der Waals surface area contributed by atoms with Gasteiger partial charge in [0.25, 0.3) is 0 Å². The minimum Gasteiger partial charge on any atom is -0.394 e. The van der Waals surface area contributed by atoms with Gasteiger partial charge in [-0.1, -0.05) is 0 Å². The highest BCUT2D eigenvalue weighted by Gasteiger charge is 2.32. The maximum Gasteiger partial charge on any atom is 0.209 e. The van der Waals surface area contributed by atoms with Crippen LogP contribution in [0.3, 0.4) is 0 Å². The molecule has 0 aromatic heterocycles. The topological polar surface area (TPSA) is 78.8 Å². The van der Waals surface area contributed by atoms with E-state index in [1.807, 2.05) is 0 Å². The summed E-state index contributed by atoms with van der Waals surface area (Å²) in [6, 6.07) is 0. The molecule has 1 aliphatic heterocycles. The van der Waals surface area contributed by atoms with E-state index in [2.05, 4.69) is 5.32 Å². The second kappa shape index (κ2) is 3.66. The Hall–Kier alpha value is -0.650. The van der Waals surface area contributed by atoms with E-state index < -0.39 is 18.4 Å². The van der Waals surface area contributed by atoms with Gasteiger partial charge in [-0.3, -0.25) is 4.79 Å². The first-order valence-corrected chi connectivity index (χ1v) is 3.42. The quantitative estimate of drug-likeness (QED) is 0.427. The number of carbonyl (C=O) groups is 1. The number of amides is 1. The average molecular weight is 161 g/mol. The summed E-state index contributed by atoms with van der Waals surface area (Å²) in [7, 11) is 0. The van der Waals surface area contributed by atoms with E-state index in [0.717, 1.165) is 0 Å². The highest BCUT2D eigenvalue weighted by atomic mass is 16.5. The van der Waals surface area contributed by atoms with Crippen LogP contribution in [-0.4, -0.2) is 41.7 Å². The van der Waals surface area contributed by atoms with Crippen LogP contribution in [0.15, 0.2) is 0 Å². The molecule has 1 amide bonds. The molecular weight excluding hydrogens is 150 g/mol. The zero-order chi connectivity index (χ0) is 8.27. The molecule has 0 bridgehead atoms. The van der Waals surface area contributed by atoms with Crippen molar-refractivity contribution in [2.45, 2.75) is 24.9 Å². The first-order chi connectivity index (χ1) is 5.27. The Morgan fingerprint density at radius 3 is 2.91 bits per heavy atom. The molecule has 3 atom stereocenters. The Morgan fingerprint density at radius 2 is 2.45 bits per heavy atom. The molecule has 0 aromatic rings. The van der Waals surface area contributed by atoms with Crippen molar-refractivity contribution in [2.75, 3.05) is 6.61 Å². The van der Waals surface area contributed by atoms with E-state index in [0.29, 0.717) is 12.8 Å². The lowest BCUT2D eigenvalue weighted by atomic mass is 10.2. The first kappa shape index (κ1) is 8.45. The van der Waals surface area contributed by atoms with Crippen LogP contribution in [0, 0.1) is 0 Å². The van der Waals surface area contributed by atoms with Gasteiger partial charge in [0, 0.05) is 6.42 Å². The zero-order valence-electron chi connectivity index (χ0n) is 5.93. The summed E-state index contributed by atoms with van der Waals surface area (Å²) in [5.74, 6) is 0. The minimum atomic E-state index is -0.683. The summed E-state index contributed by atoms with van der Waals surface area (Å²) in [6.45, 7) is -0.224. The van der Waals surface area contributed by atoms with Crippen molar-refractivity contribution in [3.63, 3.8) is 0 Å². The van der Waals surface area contributed by atoms with E-state index in [1.54, 1.807) is 0 Å². The van der Waals surface area contributed by atoms with Gasteiger partial charge in [0.15, 0.2) is 0 Å². The summed E-state index contributed by atoms with van der Waals surface area (Å²) in [6.07, 6.45) is -0.856. The largest absolute Gasteiger partial charge is 0.394 e. The molecular formula is C6H11NO4. The fraction of sp³-hybridized carbons (Fsp3) is 0.833. The molecule has 1 rings (SSSR count). The van der Waals surface area contributed by atoms with E-state index in [1.165, 1.54) is 0 Å². The molecule has 0 unspecified atom stereocenters. The highest BCUT2D eigenvalue weighted by Crippen LogP contribution is 2.17. The number of aliphatic hydroxyl groups is 2. The van der Waals surface area contributed by atoms with Crippen molar-refractivity contribution in [2.24, 2.45) is 0 Å². The number of hydrogen-bond donors (Lipinski definition) is 3. The van der Waals surface area contributed by atoms with E-state index >= 15 is 0 Å². The van der Waals surface area contributed by atoms with Crippen LogP contribution in [0.1, 0.15) is 6.42 Å². The lowest BCUT2D eigenvalue weighted by Gasteiger charge is -2.10. The van der Waals surface area contributed by atoms with Gasteiger partial charge in [0.05, 0.1) is 12.7 Å². The van der Waals surface area contributed by atoms with Crippen LogP contribution in [0.2, 0.25) is 0 Å². The lowest BCUT2D eigenvalue weighted by Crippen LogP contribution is -2.28. The summed E-state index contributed by atoms with van der Waals surface area (Å²) in [5, 5.41) is 20.1. The summed E-state index contributed by atoms with van der Waals surface area (Å²) in [5.41, 5.74) is 0. The SMILES string of the molecule is O=CN[C@H]1C[C@@H](O)[C@@H](CO)O1. The molecule has 0 radical (unpaired) electrons. The Bertz CT molecular complexity index is 141. The van der Waals surface area contributed by atoms with Crippen LogP contribution in [-0.2, 0) is 9.53 Å². The first-order valence-electron chi connectivity index (χ1n) is 3.42. The fourth-order valence-electron chi connectivity index (χ4n) is 1.08. The summed E-state index contributed by atoms with van der Waals surface area (Å²) >= 11 is 0. The van der Waals surface area contributed by atoms with Gasteiger partial charge in [-0.05, 0) is 0 Å². The van der Waals surface area contributed by atoms with E-state index in [4.69, 9.17) is 14.9 Å². The van der Waals surface area contributed by atoms with E-state index in [-0.39, 0.29) is 6.61 Å². The normalized spacial score (nSPS) is 37.1. The van der Waals surface area contributed by atoms with Crippen LogP contribution in [0.25, 0.3) is 0 Å². The van der Waals surface area contributed by atoms with Crippen molar-refractivity contribution >= 4 is 6.41 Å². The van der Waals surface area contributed by atoms with Crippen molar-refractivity contribution in [1.29, 1.82) is 0 Å². The standard InChI is InChI=1S/C6H11NO4/c8-2-5-4(10)1-6(11-5)7-3-9/h3-6,8,10H,1-2H2,(H,7,9)/t4-,5-,6-/m1/s1. The van der Waals surface area contributed by atoms with Crippen molar-refractivity contribution < 1.29 is 19.7 Å². The number of nitrogens with one attached hydrogen (secondary N) is 1. The predicted octanol–water partition coefficient (Wildman–Crippen LogP) is -1.80. The van der Waals surface area contributed by atoms with Crippen molar-refractivity contribution in [1.82, 2.24) is 5.32 Å². The molecule has 1 aliphatic rings. The monoisotopic (exact) mass is 161 g/mol. The molecule has 11 heavy (non-hydrogen) atoms. The lowest BCUT2D eigenvalue weighted by molar-refractivity contribution is -0.114. The summed E-state index contributed by atoms with van der Waals surface area (Å²) in [4.78, 5) is 9.93. The molecule has 1 saturated heterocycles. The van der Waals surface area contributed by atoms with Crippen molar-refractivity contribution in [3.8, 4) is 0 Å². The Kier molecular flexibility index (Phi) is 2.81. The number of ether oxygens (including phenoxy) is 1. The molecule has 0 saturated carbocycles. The van der Waals surface area contributed by atoms with Crippen LogP contribution in [0.5, 0.6) is 0 Å². The van der Waals surface area contributed by atoms with Gasteiger partial charge in [-0.25, -0.2) is 0 Å². The van der Waals surface area contributed by atoms with Gasteiger partial charge in [0.2, 0.25) is 6.41 Å². The third-order valence-corrected chi connectivity index (χ3v) is 1.66.